The lowest BCUT2D eigenvalue weighted by Gasteiger charge is -2.13. The zero-order valence-electron chi connectivity index (χ0n) is 9.76. The normalized spacial score (nSPS) is 12.8. The number of hydrogen-bond donors (Lipinski definition) is 1. The summed E-state index contributed by atoms with van der Waals surface area (Å²) in [5.41, 5.74) is 2.22. The van der Waals surface area contributed by atoms with Gasteiger partial charge in [-0.25, -0.2) is 4.98 Å². The minimum atomic E-state index is -0.0254. The Morgan fingerprint density at radius 3 is 2.67 bits per heavy atom. The van der Waals surface area contributed by atoms with E-state index >= 15 is 0 Å². The maximum Gasteiger partial charge on any atom is 0.136 e. The number of aryl methyl sites for hydroxylation is 1. The summed E-state index contributed by atoms with van der Waals surface area (Å²) in [4.78, 5) is 7.62. The van der Waals surface area contributed by atoms with Crippen LogP contribution >= 0.6 is 12.2 Å². The van der Waals surface area contributed by atoms with Gasteiger partial charge in [0.1, 0.15) is 16.6 Å². The van der Waals surface area contributed by atoms with E-state index in [2.05, 4.69) is 16.9 Å². The molecule has 3 nitrogen and oxygen atoms in total. The fourth-order valence-corrected chi connectivity index (χ4v) is 1.70. The Hall–Kier alpha value is -0.740. The Morgan fingerprint density at radius 2 is 2.13 bits per heavy atom. The summed E-state index contributed by atoms with van der Waals surface area (Å²) in [5, 5.41) is 0. The van der Waals surface area contributed by atoms with Gasteiger partial charge in [-0.05, 0) is 27.2 Å². The van der Waals surface area contributed by atoms with Gasteiger partial charge in [0.25, 0.3) is 0 Å². The Morgan fingerprint density at radius 1 is 1.47 bits per heavy atom. The van der Waals surface area contributed by atoms with Crippen molar-refractivity contribution in [2.75, 3.05) is 6.61 Å². The SMILES string of the molecule is CCOC(C)c1nc(=S)c(C)c(CC)[nH]1. The molecule has 1 aromatic heterocycles. The van der Waals surface area contributed by atoms with Gasteiger partial charge in [0.15, 0.2) is 0 Å². The summed E-state index contributed by atoms with van der Waals surface area (Å²) in [6, 6.07) is 0. The maximum atomic E-state index is 5.48. The second-order valence-corrected chi connectivity index (χ2v) is 3.87. The van der Waals surface area contributed by atoms with Gasteiger partial charge in [0.2, 0.25) is 0 Å². The van der Waals surface area contributed by atoms with Crippen LogP contribution in [0.1, 0.15) is 44.0 Å². The lowest BCUT2D eigenvalue weighted by molar-refractivity contribution is 0.0698. The molecule has 0 aromatic carbocycles. The van der Waals surface area contributed by atoms with Crippen molar-refractivity contribution in [2.24, 2.45) is 0 Å². The number of ether oxygens (including phenoxy) is 1. The highest BCUT2D eigenvalue weighted by Crippen LogP contribution is 2.15. The lowest BCUT2D eigenvalue weighted by atomic mass is 10.2. The maximum absolute atomic E-state index is 5.48. The molecule has 1 atom stereocenters. The number of nitrogens with one attached hydrogen (secondary N) is 1. The second kappa shape index (κ2) is 5.37. The first kappa shape index (κ1) is 12.3. The average Bonchev–Trinajstić information content (AvgIpc) is 2.22. The molecule has 1 unspecified atom stereocenters. The van der Waals surface area contributed by atoms with E-state index in [0.717, 1.165) is 23.5 Å². The van der Waals surface area contributed by atoms with Gasteiger partial charge in [0, 0.05) is 17.9 Å². The van der Waals surface area contributed by atoms with Crippen LogP contribution in [0.5, 0.6) is 0 Å². The number of aromatic nitrogens is 2. The first-order chi connectivity index (χ1) is 7.10. The van der Waals surface area contributed by atoms with Crippen molar-refractivity contribution in [3.8, 4) is 0 Å². The van der Waals surface area contributed by atoms with E-state index in [9.17, 15) is 0 Å². The minimum absolute atomic E-state index is 0.0254. The molecule has 0 saturated carbocycles. The lowest BCUT2D eigenvalue weighted by Crippen LogP contribution is -2.08. The van der Waals surface area contributed by atoms with Crippen molar-refractivity contribution in [3.05, 3.63) is 21.7 Å². The summed E-state index contributed by atoms with van der Waals surface area (Å²) in [7, 11) is 0. The zero-order chi connectivity index (χ0) is 11.4. The summed E-state index contributed by atoms with van der Waals surface area (Å²) in [6.07, 6.45) is 0.909. The molecule has 0 aliphatic rings. The molecule has 0 amide bonds. The fourth-order valence-electron chi connectivity index (χ4n) is 1.47. The van der Waals surface area contributed by atoms with Crippen LogP contribution in [0.2, 0.25) is 0 Å². The van der Waals surface area contributed by atoms with Crippen molar-refractivity contribution < 1.29 is 4.74 Å². The summed E-state index contributed by atoms with van der Waals surface area (Å²) in [5.74, 6) is 0.823. The van der Waals surface area contributed by atoms with Gasteiger partial charge in [-0.3, -0.25) is 0 Å². The van der Waals surface area contributed by atoms with Crippen LogP contribution in [0.15, 0.2) is 0 Å². The number of aromatic amines is 1. The molecular weight excluding hydrogens is 208 g/mol. The van der Waals surface area contributed by atoms with Crippen molar-refractivity contribution in [1.29, 1.82) is 0 Å². The summed E-state index contributed by atoms with van der Waals surface area (Å²) in [6.45, 7) is 8.73. The first-order valence-corrected chi connectivity index (χ1v) is 5.72. The number of H-pyrrole nitrogens is 1. The van der Waals surface area contributed by atoms with Gasteiger partial charge in [-0.1, -0.05) is 19.1 Å². The van der Waals surface area contributed by atoms with Crippen LogP contribution in [-0.2, 0) is 11.2 Å². The Bertz CT molecular complexity index is 387. The van der Waals surface area contributed by atoms with Crippen LogP contribution in [0.3, 0.4) is 0 Å². The topological polar surface area (TPSA) is 37.9 Å². The van der Waals surface area contributed by atoms with Crippen LogP contribution in [0, 0.1) is 11.6 Å². The van der Waals surface area contributed by atoms with Gasteiger partial charge in [-0.2, -0.15) is 0 Å². The van der Waals surface area contributed by atoms with E-state index in [1.807, 2.05) is 20.8 Å². The molecule has 1 rings (SSSR count). The Kier molecular flexibility index (Phi) is 4.42. The number of hydrogen-bond acceptors (Lipinski definition) is 3. The molecule has 0 aliphatic heterocycles. The molecule has 1 heterocycles. The third-order valence-corrected chi connectivity index (χ3v) is 2.83. The van der Waals surface area contributed by atoms with E-state index in [4.69, 9.17) is 17.0 Å². The standard InChI is InChI=1S/C11H18N2OS/c1-5-9-7(3)11(15)13-10(12-9)8(4)14-6-2/h8H,5-6H2,1-4H3,(H,12,13,15). The molecule has 1 N–H and O–H groups in total. The largest absolute Gasteiger partial charge is 0.371 e. The molecule has 84 valence electrons. The predicted octanol–water partition coefficient (Wildman–Crippen LogP) is 3.11. The average molecular weight is 226 g/mol. The molecule has 0 fully saturated rings. The van der Waals surface area contributed by atoms with E-state index in [0.29, 0.717) is 11.2 Å². The molecular formula is C11H18N2OS. The molecule has 0 aliphatic carbocycles. The zero-order valence-corrected chi connectivity index (χ0v) is 10.6. The third kappa shape index (κ3) is 2.86. The van der Waals surface area contributed by atoms with Crippen LogP contribution in [0.4, 0.5) is 0 Å². The van der Waals surface area contributed by atoms with Crippen molar-refractivity contribution in [2.45, 2.75) is 40.2 Å². The smallest absolute Gasteiger partial charge is 0.136 e. The molecule has 0 saturated heterocycles. The van der Waals surface area contributed by atoms with Gasteiger partial charge < -0.3 is 9.72 Å². The van der Waals surface area contributed by atoms with Gasteiger partial charge >= 0.3 is 0 Å². The van der Waals surface area contributed by atoms with Gasteiger partial charge in [0.05, 0.1) is 0 Å². The summed E-state index contributed by atoms with van der Waals surface area (Å²) < 4.78 is 6.16. The highest BCUT2D eigenvalue weighted by Gasteiger charge is 2.10. The molecule has 1 aromatic rings. The third-order valence-electron chi connectivity index (χ3n) is 2.43. The number of rotatable bonds is 4. The summed E-state index contributed by atoms with van der Waals surface area (Å²) >= 11 is 5.21. The molecule has 0 spiro atoms. The Balaban J connectivity index is 3.11. The Labute approximate surface area is 95.9 Å². The van der Waals surface area contributed by atoms with E-state index in [-0.39, 0.29) is 6.10 Å². The van der Waals surface area contributed by atoms with E-state index in [1.165, 1.54) is 0 Å². The highest BCUT2D eigenvalue weighted by atomic mass is 32.1. The fraction of sp³-hybridized carbons (Fsp3) is 0.636. The van der Waals surface area contributed by atoms with Crippen LogP contribution < -0.4 is 0 Å². The second-order valence-electron chi connectivity index (χ2n) is 3.48. The van der Waals surface area contributed by atoms with E-state index < -0.39 is 0 Å². The molecule has 4 heteroatoms. The van der Waals surface area contributed by atoms with Crippen LogP contribution in [0.25, 0.3) is 0 Å². The van der Waals surface area contributed by atoms with Crippen molar-refractivity contribution >= 4 is 12.2 Å². The molecule has 15 heavy (non-hydrogen) atoms. The van der Waals surface area contributed by atoms with Crippen molar-refractivity contribution in [1.82, 2.24) is 9.97 Å². The predicted molar refractivity (Wildman–Crippen MR) is 63.6 cm³/mol. The molecule has 0 radical (unpaired) electrons. The van der Waals surface area contributed by atoms with Crippen molar-refractivity contribution in [3.63, 3.8) is 0 Å². The van der Waals surface area contributed by atoms with Crippen LogP contribution in [-0.4, -0.2) is 16.6 Å². The monoisotopic (exact) mass is 226 g/mol. The van der Waals surface area contributed by atoms with Gasteiger partial charge in [-0.15, -0.1) is 0 Å². The highest BCUT2D eigenvalue weighted by molar-refractivity contribution is 7.71. The van der Waals surface area contributed by atoms with E-state index in [1.54, 1.807) is 0 Å². The molecule has 0 bridgehead atoms. The quantitative estimate of drug-likeness (QED) is 0.802. The first-order valence-electron chi connectivity index (χ1n) is 5.31. The minimum Gasteiger partial charge on any atom is -0.371 e. The number of nitrogens with zero attached hydrogens (tertiary/aromatic N) is 1.